The first-order valence-corrected chi connectivity index (χ1v) is 6.16. The second-order valence-electron chi connectivity index (χ2n) is 3.47. The number of alkyl halides is 1. The molecule has 15 heavy (non-hydrogen) atoms. The SMILES string of the molecule is ClCC1=CSC2=Nc3ccccc3CN12. The number of amidine groups is 1. The van der Waals surface area contributed by atoms with Gasteiger partial charge in [0.25, 0.3) is 0 Å². The van der Waals surface area contributed by atoms with Gasteiger partial charge in [-0.05, 0) is 17.0 Å². The van der Waals surface area contributed by atoms with Gasteiger partial charge in [-0.1, -0.05) is 30.0 Å². The van der Waals surface area contributed by atoms with Gasteiger partial charge < -0.3 is 4.90 Å². The number of para-hydroxylation sites is 1. The minimum absolute atomic E-state index is 0.550. The molecule has 1 aromatic carbocycles. The third-order valence-electron chi connectivity index (χ3n) is 2.55. The highest BCUT2D eigenvalue weighted by Gasteiger charge is 2.26. The molecule has 0 aromatic heterocycles. The van der Waals surface area contributed by atoms with Gasteiger partial charge >= 0.3 is 0 Å². The van der Waals surface area contributed by atoms with Gasteiger partial charge in [0.1, 0.15) is 0 Å². The molecule has 0 spiro atoms. The first-order valence-electron chi connectivity index (χ1n) is 4.74. The molecule has 0 N–H and O–H groups in total. The van der Waals surface area contributed by atoms with E-state index in [2.05, 4.69) is 27.4 Å². The third-order valence-corrected chi connectivity index (χ3v) is 3.74. The Bertz CT molecular complexity index is 467. The van der Waals surface area contributed by atoms with E-state index in [9.17, 15) is 0 Å². The second-order valence-corrected chi connectivity index (χ2v) is 4.57. The van der Waals surface area contributed by atoms with E-state index in [1.165, 1.54) is 5.56 Å². The number of benzene rings is 1. The van der Waals surface area contributed by atoms with E-state index in [1.54, 1.807) is 11.8 Å². The molecule has 0 bridgehead atoms. The van der Waals surface area contributed by atoms with Gasteiger partial charge in [-0.15, -0.1) is 11.6 Å². The monoisotopic (exact) mass is 236 g/mol. The lowest BCUT2D eigenvalue weighted by Crippen LogP contribution is -2.26. The van der Waals surface area contributed by atoms with Crippen LogP contribution < -0.4 is 0 Å². The van der Waals surface area contributed by atoms with Crippen molar-refractivity contribution in [3.8, 4) is 0 Å². The molecule has 2 aliphatic rings. The van der Waals surface area contributed by atoms with Crippen molar-refractivity contribution in [2.24, 2.45) is 4.99 Å². The summed E-state index contributed by atoms with van der Waals surface area (Å²) in [5.41, 5.74) is 3.50. The Morgan fingerprint density at radius 1 is 1.40 bits per heavy atom. The van der Waals surface area contributed by atoms with Crippen molar-refractivity contribution in [2.45, 2.75) is 6.54 Å². The maximum absolute atomic E-state index is 5.88. The van der Waals surface area contributed by atoms with Crippen LogP contribution in [0.4, 0.5) is 5.69 Å². The summed E-state index contributed by atoms with van der Waals surface area (Å²) in [4.78, 5) is 6.78. The van der Waals surface area contributed by atoms with Crippen molar-refractivity contribution in [3.63, 3.8) is 0 Å². The van der Waals surface area contributed by atoms with Crippen LogP contribution >= 0.6 is 23.4 Å². The Balaban J connectivity index is 2.03. The first kappa shape index (κ1) is 9.31. The van der Waals surface area contributed by atoms with E-state index < -0.39 is 0 Å². The number of hydrogen-bond donors (Lipinski definition) is 0. The van der Waals surface area contributed by atoms with Crippen molar-refractivity contribution in [1.29, 1.82) is 0 Å². The molecule has 0 saturated carbocycles. The van der Waals surface area contributed by atoms with E-state index >= 15 is 0 Å². The van der Waals surface area contributed by atoms with E-state index in [0.717, 1.165) is 23.1 Å². The number of fused-ring (bicyclic) bond motifs is 2. The number of rotatable bonds is 1. The number of halogens is 1. The fraction of sp³-hybridized carbons (Fsp3) is 0.182. The predicted octanol–water partition coefficient (Wildman–Crippen LogP) is 3.32. The highest BCUT2D eigenvalue weighted by atomic mass is 35.5. The Morgan fingerprint density at radius 3 is 3.13 bits per heavy atom. The second kappa shape index (κ2) is 3.58. The van der Waals surface area contributed by atoms with Crippen LogP contribution in [0.25, 0.3) is 0 Å². The molecule has 0 unspecified atom stereocenters. The zero-order chi connectivity index (χ0) is 10.3. The van der Waals surface area contributed by atoms with Crippen LogP contribution in [0.2, 0.25) is 0 Å². The summed E-state index contributed by atoms with van der Waals surface area (Å²) < 4.78 is 0. The molecule has 0 amide bonds. The summed E-state index contributed by atoms with van der Waals surface area (Å²) in [6, 6.07) is 8.24. The topological polar surface area (TPSA) is 15.6 Å². The van der Waals surface area contributed by atoms with Gasteiger partial charge in [-0.25, -0.2) is 4.99 Å². The number of allylic oxidation sites excluding steroid dienone is 1. The van der Waals surface area contributed by atoms with Gasteiger partial charge in [-0.2, -0.15) is 0 Å². The molecular weight excluding hydrogens is 228 g/mol. The third kappa shape index (κ3) is 1.46. The van der Waals surface area contributed by atoms with Gasteiger partial charge in [0.05, 0.1) is 18.1 Å². The quantitative estimate of drug-likeness (QED) is 0.696. The molecule has 0 atom stereocenters. The molecular formula is C11H9ClN2S. The zero-order valence-electron chi connectivity index (χ0n) is 7.98. The number of aliphatic imine (C=N–C) groups is 1. The first-order chi connectivity index (χ1) is 7.38. The molecule has 4 heteroatoms. The van der Waals surface area contributed by atoms with Crippen LogP contribution in [0, 0.1) is 0 Å². The van der Waals surface area contributed by atoms with Crippen molar-refractivity contribution >= 4 is 34.2 Å². The van der Waals surface area contributed by atoms with Crippen molar-refractivity contribution < 1.29 is 0 Å². The maximum atomic E-state index is 5.88. The minimum atomic E-state index is 0.550. The summed E-state index contributed by atoms with van der Waals surface area (Å²) in [5, 5.41) is 3.13. The van der Waals surface area contributed by atoms with Crippen LogP contribution in [0.5, 0.6) is 0 Å². The summed E-state index contributed by atoms with van der Waals surface area (Å²) >= 11 is 7.53. The van der Waals surface area contributed by atoms with Crippen molar-refractivity contribution in [1.82, 2.24) is 4.90 Å². The molecule has 0 saturated heterocycles. The fourth-order valence-electron chi connectivity index (χ4n) is 1.76. The molecule has 76 valence electrons. The molecule has 0 fully saturated rings. The molecule has 1 aromatic rings. The Kier molecular flexibility index (Phi) is 2.22. The lowest BCUT2D eigenvalue weighted by Gasteiger charge is -2.25. The normalized spacial score (nSPS) is 18.1. The minimum Gasteiger partial charge on any atom is -0.318 e. The molecule has 0 radical (unpaired) electrons. The predicted molar refractivity (Wildman–Crippen MR) is 65.5 cm³/mol. The summed E-state index contributed by atoms with van der Waals surface area (Å²) in [5.74, 6) is 0.550. The van der Waals surface area contributed by atoms with Gasteiger partial charge in [0, 0.05) is 5.70 Å². The maximum Gasteiger partial charge on any atom is 0.173 e. The Labute approximate surface area is 97.6 Å². The van der Waals surface area contributed by atoms with E-state index in [1.807, 2.05) is 12.1 Å². The number of thioether (sulfide) groups is 1. The summed E-state index contributed by atoms with van der Waals surface area (Å²) in [7, 11) is 0. The van der Waals surface area contributed by atoms with Crippen LogP contribution in [0.15, 0.2) is 40.4 Å². The average molecular weight is 237 g/mol. The standard InChI is InChI=1S/C11H9ClN2S/c12-5-9-7-15-11-13-10-4-2-1-3-8(10)6-14(9)11/h1-4,7H,5-6H2. The number of hydrogen-bond acceptors (Lipinski definition) is 3. The largest absolute Gasteiger partial charge is 0.318 e. The van der Waals surface area contributed by atoms with Crippen LogP contribution in [0.1, 0.15) is 5.56 Å². The smallest absolute Gasteiger partial charge is 0.173 e. The van der Waals surface area contributed by atoms with Crippen LogP contribution in [-0.4, -0.2) is 15.9 Å². The van der Waals surface area contributed by atoms with E-state index in [0.29, 0.717) is 5.88 Å². The van der Waals surface area contributed by atoms with Gasteiger partial charge in [-0.3, -0.25) is 0 Å². The summed E-state index contributed by atoms with van der Waals surface area (Å²) in [6.45, 7) is 0.889. The van der Waals surface area contributed by atoms with Crippen molar-refractivity contribution in [2.75, 3.05) is 5.88 Å². The summed E-state index contributed by atoms with van der Waals surface area (Å²) in [6.07, 6.45) is 0. The Morgan fingerprint density at radius 2 is 2.27 bits per heavy atom. The fourth-order valence-corrected chi connectivity index (χ4v) is 2.98. The zero-order valence-corrected chi connectivity index (χ0v) is 9.55. The molecule has 2 aliphatic heterocycles. The lowest BCUT2D eigenvalue weighted by molar-refractivity contribution is 0.518. The number of nitrogens with zero attached hydrogens (tertiary/aromatic N) is 2. The van der Waals surface area contributed by atoms with Crippen LogP contribution in [-0.2, 0) is 6.54 Å². The highest BCUT2D eigenvalue weighted by molar-refractivity contribution is 8.16. The average Bonchev–Trinajstić information content (AvgIpc) is 2.68. The Hall–Kier alpha value is -0.930. The van der Waals surface area contributed by atoms with Gasteiger partial charge in [0.15, 0.2) is 5.17 Å². The van der Waals surface area contributed by atoms with E-state index in [4.69, 9.17) is 11.6 Å². The molecule has 2 heterocycles. The van der Waals surface area contributed by atoms with Crippen molar-refractivity contribution in [3.05, 3.63) is 40.9 Å². The molecule has 3 rings (SSSR count). The molecule has 0 aliphatic carbocycles. The van der Waals surface area contributed by atoms with Crippen LogP contribution in [0.3, 0.4) is 0 Å². The molecule has 2 nitrogen and oxygen atoms in total. The van der Waals surface area contributed by atoms with Gasteiger partial charge in [0.2, 0.25) is 0 Å². The highest BCUT2D eigenvalue weighted by Crippen LogP contribution is 2.36. The van der Waals surface area contributed by atoms with E-state index in [-0.39, 0.29) is 0 Å². The lowest BCUT2D eigenvalue weighted by atomic mass is 10.1.